The van der Waals surface area contributed by atoms with Crippen LogP contribution in [0.1, 0.15) is 51.0 Å². The van der Waals surface area contributed by atoms with Crippen LogP contribution in [0.5, 0.6) is 5.75 Å². The van der Waals surface area contributed by atoms with Crippen LogP contribution in [0, 0.1) is 17.8 Å². The highest BCUT2D eigenvalue weighted by Crippen LogP contribution is 2.60. The van der Waals surface area contributed by atoms with Gasteiger partial charge >= 0.3 is 0 Å². The number of anilines is 2. The first kappa shape index (κ1) is 23.2. The second kappa shape index (κ2) is 8.91. The minimum absolute atomic E-state index is 0.313. The van der Waals surface area contributed by atoms with Gasteiger partial charge in [0.2, 0.25) is 15.9 Å². The predicted octanol–water partition coefficient (Wildman–Crippen LogP) is 4.96. The maximum Gasteiger partial charge on any atom is 0.245 e. The number of sulfonamides is 1. The molecule has 0 aliphatic heterocycles. The lowest BCUT2D eigenvalue weighted by atomic mass is 9.48. The van der Waals surface area contributed by atoms with E-state index in [4.69, 9.17) is 4.74 Å². The topological polar surface area (TPSA) is 75.7 Å². The Kier molecular flexibility index (Phi) is 6.09. The van der Waals surface area contributed by atoms with Gasteiger partial charge in [0.1, 0.15) is 12.3 Å². The Hall–Kier alpha value is -2.54. The summed E-state index contributed by atoms with van der Waals surface area (Å²) in [6.07, 6.45) is 9.24. The molecule has 7 heteroatoms. The average molecular weight is 483 g/mol. The predicted molar refractivity (Wildman–Crippen MR) is 135 cm³/mol. The van der Waals surface area contributed by atoms with E-state index < -0.39 is 10.0 Å². The van der Waals surface area contributed by atoms with Crippen molar-refractivity contribution >= 4 is 27.3 Å². The molecule has 0 radical (unpaired) electrons. The summed E-state index contributed by atoms with van der Waals surface area (Å²) in [4.78, 5) is 12.9. The van der Waals surface area contributed by atoms with Crippen molar-refractivity contribution in [2.24, 2.45) is 17.8 Å². The molecule has 0 aromatic heterocycles. The fourth-order valence-electron chi connectivity index (χ4n) is 7.02. The quantitative estimate of drug-likeness (QED) is 0.577. The number of ether oxygens (including phenoxy) is 1. The van der Waals surface area contributed by atoms with E-state index in [-0.39, 0.29) is 12.5 Å². The SMILES string of the molecule is CCOc1ccccc1N(CC(=O)Nc1ccc(C23CC4CC(CC(C4)C2)C3)cc1)S(C)(=O)=O. The highest BCUT2D eigenvalue weighted by molar-refractivity contribution is 7.92. The molecule has 4 aliphatic carbocycles. The number of nitrogens with zero attached hydrogens (tertiary/aromatic N) is 1. The number of amides is 1. The molecule has 4 fully saturated rings. The fraction of sp³-hybridized carbons (Fsp3) is 0.519. The Morgan fingerprint density at radius 2 is 1.59 bits per heavy atom. The van der Waals surface area contributed by atoms with Gasteiger partial charge in [0, 0.05) is 5.69 Å². The Bertz CT molecular complexity index is 1120. The summed E-state index contributed by atoms with van der Waals surface area (Å²) >= 11 is 0. The normalized spacial score (nSPS) is 27.4. The van der Waals surface area contributed by atoms with Gasteiger partial charge in [0.25, 0.3) is 0 Å². The van der Waals surface area contributed by atoms with Crippen molar-refractivity contribution in [2.75, 3.05) is 29.0 Å². The molecule has 4 saturated carbocycles. The summed E-state index contributed by atoms with van der Waals surface area (Å²) < 4.78 is 31.7. The third-order valence-electron chi connectivity index (χ3n) is 7.94. The molecule has 0 unspecified atom stereocenters. The summed E-state index contributed by atoms with van der Waals surface area (Å²) in [5.74, 6) is 2.69. The van der Waals surface area contributed by atoms with Crippen molar-refractivity contribution < 1.29 is 17.9 Å². The molecule has 4 aliphatic rings. The number of benzene rings is 2. The van der Waals surface area contributed by atoms with Gasteiger partial charge in [-0.2, -0.15) is 0 Å². The van der Waals surface area contributed by atoms with Gasteiger partial charge in [0.15, 0.2) is 0 Å². The molecule has 0 spiro atoms. The van der Waals surface area contributed by atoms with Crippen molar-refractivity contribution in [1.29, 1.82) is 0 Å². The van der Waals surface area contributed by atoms with E-state index in [1.54, 1.807) is 24.3 Å². The number of carbonyl (C=O) groups is 1. The Morgan fingerprint density at radius 3 is 2.15 bits per heavy atom. The van der Waals surface area contributed by atoms with E-state index in [9.17, 15) is 13.2 Å². The number of para-hydroxylation sites is 2. The van der Waals surface area contributed by atoms with Crippen molar-refractivity contribution in [3.05, 3.63) is 54.1 Å². The summed E-state index contributed by atoms with van der Waals surface area (Å²) in [6, 6.07) is 15.1. The molecule has 1 N–H and O–H groups in total. The van der Waals surface area contributed by atoms with Crippen LogP contribution in [-0.4, -0.2) is 33.7 Å². The van der Waals surface area contributed by atoms with Gasteiger partial charge in [-0.3, -0.25) is 9.10 Å². The number of hydrogen-bond acceptors (Lipinski definition) is 4. The Balaban J connectivity index is 1.30. The van der Waals surface area contributed by atoms with Gasteiger partial charge in [-0.25, -0.2) is 8.42 Å². The first-order valence-corrected chi connectivity index (χ1v) is 14.2. The zero-order chi connectivity index (χ0) is 23.9. The molecule has 2 aromatic rings. The molecule has 34 heavy (non-hydrogen) atoms. The number of rotatable bonds is 8. The molecule has 6 rings (SSSR count). The zero-order valence-electron chi connectivity index (χ0n) is 20.0. The van der Waals surface area contributed by atoms with Crippen molar-refractivity contribution in [3.63, 3.8) is 0 Å². The molecule has 0 atom stereocenters. The van der Waals surface area contributed by atoms with E-state index in [2.05, 4.69) is 17.4 Å². The van der Waals surface area contributed by atoms with Crippen LogP contribution in [-0.2, 0) is 20.2 Å². The molecule has 0 heterocycles. The first-order valence-electron chi connectivity index (χ1n) is 12.4. The van der Waals surface area contributed by atoms with Gasteiger partial charge in [-0.15, -0.1) is 0 Å². The van der Waals surface area contributed by atoms with E-state index >= 15 is 0 Å². The Morgan fingerprint density at radius 1 is 1.00 bits per heavy atom. The van der Waals surface area contributed by atoms with Crippen molar-refractivity contribution in [3.8, 4) is 5.75 Å². The summed E-state index contributed by atoms with van der Waals surface area (Å²) in [7, 11) is -3.69. The second-order valence-corrected chi connectivity index (χ2v) is 12.4. The van der Waals surface area contributed by atoms with Crippen molar-refractivity contribution in [2.45, 2.75) is 50.9 Å². The zero-order valence-corrected chi connectivity index (χ0v) is 20.8. The third kappa shape index (κ3) is 4.54. The van der Waals surface area contributed by atoms with Crippen LogP contribution in [0.2, 0.25) is 0 Å². The fourth-order valence-corrected chi connectivity index (χ4v) is 7.88. The lowest BCUT2D eigenvalue weighted by Gasteiger charge is -2.57. The van der Waals surface area contributed by atoms with E-state index in [1.807, 2.05) is 19.1 Å². The highest BCUT2D eigenvalue weighted by Gasteiger charge is 2.51. The van der Waals surface area contributed by atoms with E-state index in [1.165, 1.54) is 44.1 Å². The summed E-state index contributed by atoms with van der Waals surface area (Å²) in [5, 5.41) is 2.88. The van der Waals surface area contributed by atoms with Crippen LogP contribution in [0.15, 0.2) is 48.5 Å². The first-order chi connectivity index (χ1) is 16.3. The molecule has 6 nitrogen and oxygen atoms in total. The van der Waals surface area contributed by atoms with Gasteiger partial charge in [0.05, 0.1) is 18.6 Å². The van der Waals surface area contributed by atoms with Gasteiger partial charge < -0.3 is 10.1 Å². The van der Waals surface area contributed by atoms with Crippen LogP contribution in [0.3, 0.4) is 0 Å². The summed E-state index contributed by atoms with van der Waals surface area (Å²) in [6.45, 7) is 1.91. The van der Waals surface area contributed by atoms with Gasteiger partial charge in [-0.05, 0) is 98.4 Å². The lowest BCUT2D eigenvalue weighted by Crippen LogP contribution is -2.48. The number of nitrogens with one attached hydrogen (secondary N) is 1. The third-order valence-corrected chi connectivity index (χ3v) is 9.07. The van der Waals surface area contributed by atoms with Crippen LogP contribution in [0.4, 0.5) is 11.4 Å². The standard InChI is InChI=1S/C27H34N2O4S/c1-3-33-25-7-5-4-6-24(25)29(34(2,31)32)18-26(30)28-23-10-8-22(9-11-23)27-15-19-12-20(16-27)14-21(13-19)17-27/h4-11,19-21H,3,12-18H2,1-2H3,(H,28,30). The molecular weight excluding hydrogens is 448 g/mol. The molecular formula is C27H34N2O4S. The van der Waals surface area contributed by atoms with Gasteiger partial charge in [-0.1, -0.05) is 24.3 Å². The van der Waals surface area contributed by atoms with E-state index in [0.717, 1.165) is 28.3 Å². The minimum Gasteiger partial charge on any atom is -0.492 e. The smallest absolute Gasteiger partial charge is 0.245 e. The van der Waals surface area contributed by atoms with Crippen LogP contribution in [0.25, 0.3) is 0 Å². The molecule has 1 amide bonds. The summed E-state index contributed by atoms with van der Waals surface area (Å²) in [5.41, 5.74) is 2.75. The number of carbonyl (C=O) groups excluding carboxylic acids is 1. The largest absolute Gasteiger partial charge is 0.492 e. The Labute approximate surface area is 202 Å². The molecule has 2 aromatic carbocycles. The monoisotopic (exact) mass is 482 g/mol. The minimum atomic E-state index is -3.69. The number of hydrogen-bond donors (Lipinski definition) is 1. The molecule has 4 bridgehead atoms. The maximum atomic E-state index is 12.9. The molecule has 0 saturated heterocycles. The van der Waals surface area contributed by atoms with E-state index in [0.29, 0.717) is 29.1 Å². The second-order valence-electron chi connectivity index (χ2n) is 10.5. The maximum absolute atomic E-state index is 12.9. The lowest BCUT2D eigenvalue weighted by molar-refractivity contribution is -0.114. The highest BCUT2D eigenvalue weighted by atomic mass is 32.2. The van der Waals surface area contributed by atoms with Crippen LogP contribution >= 0.6 is 0 Å². The average Bonchev–Trinajstić information content (AvgIpc) is 2.77. The van der Waals surface area contributed by atoms with Crippen molar-refractivity contribution in [1.82, 2.24) is 0 Å². The van der Waals surface area contributed by atoms with Crippen LogP contribution < -0.4 is 14.4 Å². The molecule has 182 valence electrons.